The van der Waals surface area contributed by atoms with Gasteiger partial charge in [-0.3, -0.25) is 29.8 Å². The Labute approximate surface area is 194 Å². The van der Waals surface area contributed by atoms with Crippen LogP contribution in [0, 0.1) is 5.92 Å². The smallest absolute Gasteiger partial charge is 0.268 e. The first-order chi connectivity index (χ1) is 16.0. The van der Waals surface area contributed by atoms with Crippen LogP contribution in [0.25, 0.3) is 16.6 Å². The fourth-order valence-corrected chi connectivity index (χ4v) is 5.20. The van der Waals surface area contributed by atoms with Crippen molar-refractivity contribution in [3.63, 3.8) is 0 Å². The van der Waals surface area contributed by atoms with Crippen LogP contribution >= 0.6 is 11.3 Å². The number of carbonyl (C=O) groups excluding carboxylic acids is 2. The predicted molar refractivity (Wildman–Crippen MR) is 128 cm³/mol. The highest BCUT2D eigenvalue weighted by molar-refractivity contribution is 7.14. The topological polar surface area (TPSA) is 93.1 Å². The molecule has 0 saturated heterocycles. The number of rotatable bonds is 3. The predicted octanol–water partition coefficient (Wildman–Crippen LogP) is 3.65. The van der Waals surface area contributed by atoms with Crippen molar-refractivity contribution in [1.82, 2.24) is 20.4 Å². The molecule has 1 aliphatic rings. The molecule has 166 valence electrons. The fourth-order valence-electron chi connectivity index (χ4n) is 4.09. The average Bonchev–Trinajstić information content (AvgIpc) is 3.26. The molecule has 5 rings (SSSR count). The Morgan fingerprint density at radius 1 is 1.06 bits per heavy atom. The van der Waals surface area contributed by atoms with Gasteiger partial charge in [0.2, 0.25) is 0 Å². The van der Waals surface area contributed by atoms with Crippen molar-refractivity contribution >= 4 is 34.1 Å². The first kappa shape index (κ1) is 21.1. The molecule has 0 radical (unpaired) electrons. The average molecular weight is 459 g/mol. The number of hydrogen-bond acceptors (Lipinski definition) is 5. The molecule has 8 heteroatoms. The van der Waals surface area contributed by atoms with Crippen molar-refractivity contribution in [2.75, 3.05) is 0 Å². The van der Waals surface area contributed by atoms with E-state index in [1.54, 1.807) is 42.5 Å². The third kappa shape index (κ3) is 4.17. The standard InChI is InChI=1S/C25H22N4O3S/c1-15-6-11-21-17(12-15)13-22(33-21)24(31)28-27-23(30)16-7-9-18(10-8-16)29-14-26-20-5-3-2-4-19(20)25(29)32/h2-5,7-10,13-15H,6,11-12H2,1H3,(H,27,30)(H,28,31)/t15-/m1/s1. The van der Waals surface area contributed by atoms with Crippen LogP contribution in [0.15, 0.2) is 65.7 Å². The molecule has 7 nitrogen and oxygen atoms in total. The molecule has 1 aliphatic carbocycles. The summed E-state index contributed by atoms with van der Waals surface area (Å²) in [7, 11) is 0. The van der Waals surface area contributed by atoms with E-state index in [1.807, 2.05) is 12.1 Å². The lowest BCUT2D eigenvalue weighted by Crippen LogP contribution is -2.41. The second kappa shape index (κ2) is 8.63. The summed E-state index contributed by atoms with van der Waals surface area (Å²) in [6, 6.07) is 15.6. The third-order valence-electron chi connectivity index (χ3n) is 5.92. The van der Waals surface area contributed by atoms with E-state index in [-0.39, 0.29) is 11.5 Å². The highest BCUT2D eigenvalue weighted by Gasteiger charge is 2.21. The van der Waals surface area contributed by atoms with Gasteiger partial charge in [-0.25, -0.2) is 4.98 Å². The van der Waals surface area contributed by atoms with Crippen LogP contribution in [0.5, 0.6) is 0 Å². The summed E-state index contributed by atoms with van der Waals surface area (Å²) in [5.41, 5.74) is 7.61. The van der Waals surface area contributed by atoms with Gasteiger partial charge in [-0.15, -0.1) is 11.3 Å². The quantitative estimate of drug-likeness (QED) is 0.459. The number of benzene rings is 2. The van der Waals surface area contributed by atoms with Crippen LogP contribution in [-0.2, 0) is 12.8 Å². The molecule has 33 heavy (non-hydrogen) atoms. The molecule has 2 aromatic heterocycles. The van der Waals surface area contributed by atoms with Crippen LogP contribution < -0.4 is 16.4 Å². The van der Waals surface area contributed by atoms with Gasteiger partial charge >= 0.3 is 0 Å². The van der Waals surface area contributed by atoms with Gasteiger partial charge in [-0.05, 0) is 73.2 Å². The van der Waals surface area contributed by atoms with E-state index in [9.17, 15) is 14.4 Å². The van der Waals surface area contributed by atoms with Crippen LogP contribution in [0.2, 0.25) is 0 Å². The number of fused-ring (bicyclic) bond motifs is 2. The normalized spacial score (nSPS) is 15.1. The van der Waals surface area contributed by atoms with Crippen LogP contribution in [0.1, 0.15) is 43.8 Å². The number of carbonyl (C=O) groups is 2. The van der Waals surface area contributed by atoms with E-state index in [0.717, 1.165) is 19.3 Å². The summed E-state index contributed by atoms with van der Waals surface area (Å²) in [5.74, 6) is -0.124. The van der Waals surface area contributed by atoms with Crippen LogP contribution in [-0.4, -0.2) is 21.4 Å². The molecule has 0 aliphatic heterocycles. The number of hydrazine groups is 1. The molecular formula is C25H22N4O3S. The molecule has 0 fully saturated rings. The van der Waals surface area contributed by atoms with Crippen LogP contribution in [0.3, 0.4) is 0 Å². The van der Waals surface area contributed by atoms with Gasteiger partial charge in [0.05, 0.1) is 21.5 Å². The Kier molecular flexibility index (Phi) is 5.51. The third-order valence-corrected chi connectivity index (χ3v) is 7.15. The molecule has 2 amide bonds. The van der Waals surface area contributed by atoms with Gasteiger partial charge in [-0.2, -0.15) is 0 Å². The second-order valence-corrected chi connectivity index (χ2v) is 9.44. The minimum atomic E-state index is -0.436. The summed E-state index contributed by atoms with van der Waals surface area (Å²) in [5, 5.41) is 0.522. The maximum atomic E-state index is 12.7. The molecule has 0 spiro atoms. The summed E-state index contributed by atoms with van der Waals surface area (Å²) >= 11 is 1.49. The Hall–Kier alpha value is -3.78. The zero-order valence-corrected chi connectivity index (χ0v) is 18.8. The monoisotopic (exact) mass is 458 g/mol. The fraction of sp³-hybridized carbons (Fsp3) is 0.200. The van der Waals surface area contributed by atoms with E-state index in [1.165, 1.54) is 32.7 Å². The van der Waals surface area contributed by atoms with Gasteiger partial charge < -0.3 is 0 Å². The highest BCUT2D eigenvalue weighted by atomic mass is 32.1. The molecule has 1 atom stereocenters. The van der Waals surface area contributed by atoms with E-state index in [0.29, 0.717) is 32.9 Å². The number of amides is 2. The molecule has 0 saturated carbocycles. The first-order valence-corrected chi connectivity index (χ1v) is 11.6. The van der Waals surface area contributed by atoms with Crippen LogP contribution in [0.4, 0.5) is 0 Å². The molecule has 0 bridgehead atoms. The lowest BCUT2D eigenvalue weighted by atomic mass is 9.90. The minimum Gasteiger partial charge on any atom is -0.268 e. The summed E-state index contributed by atoms with van der Waals surface area (Å²) in [4.78, 5) is 43.9. The van der Waals surface area contributed by atoms with Crippen molar-refractivity contribution in [2.24, 2.45) is 5.92 Å². The molecular weight excluding hydrogens is 436 g/mol. The lowest BCUT2D eigenvalue weighted by molar-refractivity contribution is 0.0849. The van der Waals surface area contributed by atoms with Crippen molar-refractivity contribution < 1.29 is 9.59 Å². The number of para-hydroxylation sites is 1. The SMILES string of the molecule is C[C@@H]1CCc2sc(C(=O)NNC(=O)c3ccc(-n4cnc5ccccc5c4=O)cc3)cc2C1. The van der Waals surface area contributed by atoms with E-state index in [4.69, 9.17) is 0 Å². The number of nitrogens with one attached hydrogen (secondary N) is 2. The van der Waals surface area contributed by atoms with Gasteiger partial charge in [0.25, 0.3) is 17.4 Å². The first-order valence-electron chi connectivity index (χ1n) is 10.8. The number of hydrogen-bond donors (Lipinski definition) is 2. The summed E-state index contributed by atoms with van der Waals surface area (Å²) in [6.45, 7) is 2.22. The zero-order valence-electron chi connectivity index (χ0n) is 18.0. The Morgan fingerprint density at radius 2 is 1.82 bits per heavy atom. The molecule has 2 N–H and O–H groups in total. The molecule has 2 heterocycles. The number of nitrogens with zero attached hydrogens (tertiary/aromatic N) is 2. The number of aromatic nitrogens is 2. The van der Waals surface area contributed by atoms with Crippen molar-refractivity contribution in [1.29, 1.82) is 0 Å². The number of thiophene rings is 1. The second-order valence-electron chi connectivity index (χ2n) is 8.30. The van der Waals surface area contributed by atoms with E-state index < -0.39 is 5.91 Å². The Bertz CT molecular complexity index is 1420. The van der Waals surface area contributed by atoms with Gasteiger partial charge in [0.1, 0.15) is 6.33 Å². The highest BCUT2D eigenvalue weighted by Crippen LogP contribution is 2.32. The van der Waals surface area contributed by atoms with Crippen molar-refractivity contribution in [3.8, 4) is 5.69 Å². The Balaban J connectivity index is 1.26. The summed E-state index contributed by atoms with van der Waals surface area (Å²) in [6.07, 6.45) is 4.61. The number of aryl methyl sites for hydroxylation is 1. The molecule has 0 unspecified atom stereocenters. The largest absolute Gasteiger partial charge is 0.279 e. The van der Waals surface area contributed by atoms with E-state index >= 15 is 0 Å². The molecule has 2 aromatic carbocycles. The van der Waals surface area contributed by atoms with Gasteiger partial charge in [0.15, 0.2) is 0 Å². The molecule has 4 aromatic rings. The summed E-state index contributed by atoms with van der Waals surface area (Å²) < 4.78 is 1.44. The van der Waals surface area contributed by atoms with E-state index in [2.05, 4.69) is 22.8 Å². The van der Waals surface area contributed by atoms with Gasteiger partial charge in [0, 0.05) is 10.4 Å². The Morgan fingerprint density at radius 3 is 2.64 bits per heavy atom. The van der Waals surface area contributed by atoms with Crippen molar-refractivity contribution in [3.05, 3.63) is 92.2 Å². The maximum Gasteiger partial charge on any atom is 0.279 e. The minimum absolute atomic E-state index is 0.182. The maximum absolute atomic E-state index is 12.7. The van der Waals surface area contributed by atoms with Gasteiger partial charge in [-0.1, -0.05) is 19.1 Å². The zero-order chi connectivity index (χ0) is 22.9. The lowest BCUT2D eigenvalue weighted by Gasteiger charge is -2.16. The van der Waals surface area contributed by atoms with Crippen molar-refractivity contribution in [2.45, 2.75) is 26.2 Å².